The number of hydrogen-bond donors (Lipinski definition) is 7. The highest BCUT2D eigenvalue weighted by atomic mass is 32.2. The van der Waals surface area contributed by atoms with Gasteiger partial charge in [-0.05, 0) is 101 Å². The van der Waals surface area contributed by atoms with E-state index < -0.39 is 77.7 Å². The van der Waals surface area contributed by atoms with Gasteiger partial charge in [-0.1, -0.05) is 70.6 Å². The van der Waals surface area contributed by atoms with Crippen LogP contribution < -0.4 is 21.3 Å². The number of amides is 6. The first-order valence-corrected chi connectivity index (χ1v) is 29.8. The summed E-state index contributed by atoms with van der Waals surface area (Å²) in [4.78, 5) is 81.9. The summed E-state index contributed by atoms with van der Waals surface area (Å²) in [6, 6.07) is 3.55. The van der Waals surface area contributed by atoms with Crippen molar-refractivity contribution in [2.45, 2.75) is 196 Å². The van der Waals surface area contributed by atoms with E-state index >= 15 is 0 Å². The fraction of sp³-hybridized carbons (Fsp3) is 0.690. The number of carbonyl (C=O) groups is 6. The minimum absolute atomic E-state index is 0.00484. The number of aliphatic hydroxyl groups excluding tert-OH is 2. The minimum atomic E-state index is -4.76. The molecule has 456 valence electrons. The number of alkyl halides is 3. The number of alkyl carbamates (subject to hydrolysis) is 1. The van der Waals surface area contributed by atoms with Crippen molar-refractivity contribution in [3.63, 3.8) is 0 Å². The molecule has 7 N–H and O–H groups in total. The third-order valence-electron chi connectivity index (χ3n) is 16.3. The summed E-state index contributed by atoms with van der Waals surface area (Å²) in [7, 11) is 3.18. The summed E-state index contributed by atoms with van der Waals surface area (Å²) in [5.74, 6) is -1.33. The molecule has 5 aliphatic heterocycles. The number of nitrogens with zero attached hydrogens (tertiary/aromatic N) is 4. The highest BCUT2D eigenvalue weighted by Crippen LogP contribution is 2.52. The van der Waals surface area contributed by atoms with Crippen LogP contribution in [0.1, 0.15) is 135 Å². The van der Waals surface area contributed by atoms with Gasteiger partial charge in [-0.2, -0.15) is 24.9 Å². The molecule has 24 heteroatoms. The number of fused-ring (bicyclic) bond motifs is 1. The van der Waals surface area contributed by atoms with Gasteiger partial charge in [-0.15, -0.1) is 10.2 Å². The molecule has 10 unspecified atom stereocenters. The van der Waals surface area contributed by atoms with Crippen LogP contribution in [0.3, 0.4) is 0 Å². The summed E-state index contributed by atoms with van der Waals surface area (Å²) in [5.41, 5.74) is -3.92. The van der Waals surface area contributed by atoms with Gasteiger partial charge in [-0.25, -0.2) is 9.59 Å². The van der Waals surface area contributed by atoms with E-state index in [0.29, 0.717) is 37.7 Å². The van der Waals surface area contributed by atoms with E-state index in [9.17, 15) is 57.3 Å². The van der Waals surface area contributed by atoms with Gasteiger partial charge in [0.2, 0.25) is 11.8 Å². The highest BCUT2D eigenvalue weighted by molar-refractivity contribution is 8.00. The number of hydrogen-bond acceptors (Lipinski definition) is 15. The fourth-order valence-electron chi connectivity index (χ4n) is 10.7. The lowest BCUT2D eigenvalue weighted by molar-refractivity contribution is -0.166. The second-order valence-electron chi connectivity index (χ2n) is 23.1. The largest absolute Gasteiger partial charge is 0.457 e. The first kappa shape index (κ1) is 65.6. The second-order valence-corrected chi connectivity index (χ2v) is 24.3. The highest BCUT2D eigenvalue weighted by Gasteiger charge is 2.65. The number of epoxide rings is 1. The molecule has 1 aromatic carbocycles. The van der Waals surface area contributed by atoms with Crippen molar-refractivity contribution in [2.75, 3.05) is 39.5 Å². The number of thioether (sulfide) groups is 1. The summed E-state index contributed by atoms with van der Waals surface area (Å²) < 4.78 is 58.6. The molecule has 6 amide bonds. The van der Waals surface area contributed by atoms with Gasteiger partial charge in [0.1, 0.15) is 17.7 Å². The fourth-order valence-corrected chi connectivity index (χ4v) is 12.2. The van der Waals surface area contributed by atoms with Crippen molar-refractivity contribution < 1.29 is 71.5 Å². The molecule has 3 fully saturated rings. The van der Waals surface area contributed by atoms with Crippen LogP contribution in [-0.4, -0.2) is 172 Å². The topological polar surface area (TPSA) is 273 Å². The Morgan fingerprint density at radius 2 is 1.73 bits per heavy atom. The molecular weight excluding hydrogens is 1090 g/mol. The number of cyclic esters (lactones) is 1. The predicted molar refractivity (Wildman–Crippen MR) is 301 cm³/mol. The molecular formula is C58H85F3N8O12S. The zero-order valence-electron chi connectivity index (χ0n) is 48.4. The zero-order valence-corrected chi connectivity index (χ0v) is 49.2. The number of esters is 1. The lowest BCUT2D eigenvalue weighted by Gasteiger charge is -2.32. The summed E-state index contributed by atoms with van der Waals surface area (Å²) in [6.07, 6.45) is 4.34. The van der Waals surface area contributed by atoms with Gasteiger partial charge in [0.25, 0.3) is 5.91 Å². The maximum Gasteiger partial charge on any atom is 0.442 e. The number of ether oxygens (including phenoxy) is 3. The Bertz CT molecular complexity index is 2490. The average molecular weight is 1180 g/mol. The summed E-state index contributed by atoms with van der Waals surface area (Å²) >= 11 is 1.81. The number of carbonyl (C=O) groups excluding carboxylic acids is 6. The van der Waals surface area contributed by atoms with Gasteiger partial charge in [0, 0.05) is 74.1 Å². The van der Waals surface area contributed by atoms with Crippen LogP contribution in [0.2, 0.25) is 0 Å². The van der Waals surface area contributed by atoms with Gasteiger partial charge in [0.05, 0.1) is 42.9 Å². The Hall–Kier alpha value is -5.56. The number of benzene rings is 1. The number of urea groups is 1. The van der Waals surface area contributed by atoms with Crippen molar-refractivity contribution >= 4 is 47.6 Å². The van der Waals surface area contributed by atoms with Crippen LogP contribution in [0.5, 0.6) is 0 Å². The molecule has 0 saturated carbocycles. The number of likely N-dealkylation sites (N-methyl/N-ethyl adjacent to an activating group) is 2. The molecule has 0 radical (unpaired) electrons. The van der Waals surface area contributed by atoms with Gasteiger partial charge >= 0.3 is 29.9 Å². The molecule has 14 atom stereocenters. The third kappa shape index (κ3) is 18.2. The van der Waals surface area contributed by atoms with Crippen LogP contribution >= 0.6 is 11.8 Å². The summed E-state index contributed by atoms with van der Waals surface area (Å²) in [6.45, 7) is 11.5. The summed E-state index contributed by atoms with van der Waals surface area (Å²) in [5, 5.41) is 50.7. The van der Waals surface area contributed by atoms with Crippen LogP contribution in [0.25, 0.3) is 0 Å². The van der Waals surface area contributed by atoms with Gasteiger partial charge in [0.15, 0.2) is 6.10 Å². The Morgan fingerprint density at radius 1 is 1.02 bits per heavy atom. The molecule has 1 aromatic rings. The molecule has 0 bridgehead atoms. The van der Waals surface area contributed by atoms with Crippen LogP contribution in [0.15, 0.2) is 70.4 Å². The van der Waals surface area contributed by atoms with Gasteiger partial charge in [-0.3, -0.25) is 19.2 Å². The quantitative estimate of drug-likeness (QED) is 0.0123. The second kappa shape index (κ2) is 29.3. The predicted octanol–water partition coefficient (Wildman–Crippen LogP) is 6.98. The third-order valence-corrected chi connectivity index (χ3v) is 17.8. The number of allylic oxidation sites excluding steroid dienone is 3. The van der Waals surface area contributed by atoms with E-state index in [0.717, 1.165) is 37.1 Å². The Morgan fingerprint density at radius 3 is 2.41 bits per heavy atom. The van der Waals surface area contributed by atoms with E-state index in [2.05, 4.69) is 38.4 Å². The average Bonchev–Trinajstić information content (AvgIpc) is 3.28. The number of rotatable bonds is 26. The number of aliphatic hydroxyl groups is 3. The van der Waals surface area contributed by atoms with Crippen molar-refractivity contribution in [3.8, 4) is 0 Å². The molecule has 3 saturated heterocycles. The SMILES string of the molecule is CCC(O)C(C)C1OC1CC(C)/C=C/C=C(\C)C1OC(=O)CC(O)CCC(C)(O)C(OC(=O)NCCCC[C@H](NC(=O)c2ccc(C3(C(F)(F)F)N=N3)cc2)C(=O)N(C)CCN(C)C(=O)CCCC[C@H]2SC[C@H]3NC(=O)N[C@H]32)/C=C/C1C. The van der Waals surface area contributed by atoms with E-state index in [1.165, 1.54) is 42.0 Å². The molecule has 0 aliphatic carbocycles. The zero-order chi connectivity index (χ0) is 60.1. The molecule has 5 aliphatic rings. The smallest absolute Gasteiger partial charge is 0.442 e. The van der Waals surface area contributed by atoms with E-state index in [1.807, 2.05) is 57.7 Å². The Kier molecular flexibility index (Phi) is 23.4. The van der Waals surface area contributed by atoms with E-state index in [1.54, 1.807) is 13.1 Å². The maximum atomic E-state index is 14.0. The van der Waals surface area contributed by atoms with Crippen LogP contribution in [-0.2, 0) is 34.3 Å². The lowest BCUT2D eigenvalue weighted by atomic mass is 9.88. The lowest BCUT2D eigenvalue weighted by Crippen LogP contribution is -2.49. The van der Waals surface area contributed by atoms with Crippen LogP contribution in [0, 0.1) is 17.8 Å². The van der Waals surface area contributed by atoms with Crippen LogP contribution in [0.4, 0.5) is 22.8 Å². The van der Waals surface area contributed by atoms with Gasteiger partial charge < -0.3 is 60.6 Å². The first-order valence-electron chi connectivity index (χ1n) is 28.7. The standard InChI is InChI=1S/C58H85F3N8O12S/c1-9-43(71)37(5)51-44(79-51)31-34(2)15-14-16-35(3)50-36(4)20-25-46(56(6,78)27-26-40(70)32-48(73)81-50)80-55(77)62-28-13-12-17-41(63-52(74)38-21-23-39(24-22-38)57(66-67-57)58(59,60)61)53(75)69(8)30-29-68(7)47(72)19-11-10-18-45-49-42(33-82-45)64-54(76)65-49/h14-16,20-25,34,36-37,40-46,49-51,70-71,78H,9-13,17-19,26-33H2,1-8H3,(H,62,77)(H,63,74)(H2,64,65,76)/b15-14+,25-20+,35-16+/t34?,36?,37?,40?,41-,42+,43?,44?,45+,46?,49+,50?,51?,56?/m0/s1. The molecule has 5 heterocycles. The monoisotopic (exact) mass is 1170 g/mol. The van der Waals surface area contributed by atoms with Crippen molar-refractivity contribution in [2.24, 2.45) is 28.0 Å². The van der Waals surface area contributed by atoms with Crippen molar-refractivity contribution in [1.82, 2.24) is 31.1 Å². The van der Waals surface area contributed by atoms with E-state index in [4.69, 9.17) is 14.2 Å². The molecule has 0 spiro atoms. The number of nitrogens with one attached hydrogen (secondary N) is 4. The molecule has 82 heavy (non-hydrogen) atoms. The normalized spacial score (nSPS) is 28.9. The number of unbranched alkanes of at least 4 members (excludes halogenated alkanes) is 2. The molecule has 20 nitrogen and oxygen atoms in total. The molecule has 6 rings (SSSR count). The Balaban J connectivity index is 1.02. The van der Waals surface area contributed by atoms with Crippen molar-refractivity contribution in [3.05, 3.63) is 71.3 Å². The number of halogens is 3. The molecule has 0 aromatic heterocycles. The Labute approximate surface area is 483 Å². The minimum Gasteiger partial charge on any atom is -0.457 e. The van der Waals surface area contributed by atoms with Crippen molar-refractivity contribution in [1.29, 1.82) is 0 Å². The maximum absolute atomic E-state index is 14.0. The van der Waals surface area contributed by atoms with E-state index in [-0.39, 0.29) is 110 Å². The first-order chi connectivity index (χ1) is 38.7.